The Morgan fingerprint density at radius 2 is 1.73 bits per heavy atom. The van der Waals surface area contributed by atoms with Gasteiger partial charge in [0.2, 0.25) is 0 Å². The molecule has 22 heavy (non-hydrogen) atoms. The van der Waals surface area contributed by atoms with Gasteiger partial charge >= 0.3 is 0 Å². The molecule has 2 aromatic rings. The molecule has 1 N–H and O–H groups in total. The minimum atomic E-state index is 0.0248. The van der Waals surface area contributed by atoms with Crippen molar-refractivity contribution in [1.29, 1.82) is 0 Å². The van der Waals surface area contributed by atoms with Gasteiger partial charge in [-0.2, -0.15) is 0 Å². The number of carbonyl (C=O) groups is 1. The Bertz CT molecular complexity index is 595. The van der Waals surface area contributed by atoms with Crippen molar-refractivity contribution in [2.45, 2.75) is 36.8 Å². The van der Waals surface area contributed by atoms with Crippen LogP contribution in [0.25, 0.3) is 0 Å². The fourth-order valence-electron chi connectivity index (χ4n) is 2.25. The van der Waals surface area contributed by atoms with Crippen molar-refractivity contribution in [3.05, 3.63) is 65.7 Å². The molecule has 0 atom stereocenters. The van der Waals surface area contributed by atoms with Crippen LogP contribution in [0.5, 0.6) is 0 Å². The Balaban J connectivity index is 1.85. The Labute approximate surface area is 137 Å². The summed E-state index contributed by atoms with van der Waals surface area (Å²) in [5, 5.41) is 3.50. The first kappa shape index (κ1) is 16.6. The lowest BCUT2D eigenvalue weighted by atomic mass is 10.1. The third kappa shape index (κ3) is 5.23. The first-order chi connectivity index (χ1) is 10.7. The average molecular weight is 313 g/mol. The van der Waals surface area contributed by atoms with E-state index in [4.69, 9.17) is 0 Å². The minimum absolute atomic E-state index is 0.0248. The third-order valence-electron chi connectivity index (χ3n) is 3.26. The maximum atomic E-state index is 12.3. The molecule has 2 nitrogen and oxygen atoms in total. The Morgan fingerprint density at radius 3 is 2.45 bits per heavy atom. The van der Waals surface area contributed by atoms with Gasteiger partial charge in [0.15, 0.2) is 0 Å². The Hall–Kier alpha value is -1.74. The summed E-state index contributed by atoms with van der Waals surface area (Å²) in [6.45, 7) is 4.98. The lowest BCUT2D eigenvalue weighted by Gasteiger charge is -2.11. The van der Waals surface area contributed by atoms with Gasteiger partial charge in [-0.15, -0.1) is 11.8 Å². The van der Waals surface area contributed by atoms with E-state index in [1.807, 2.05) is 42.5 Å². The average Bonchev–Trinajstić information content (AvgIpc) is 2.52. The molecule has 2 aromatic carbocycles. The van der Waals surface area contributed by atoms with E-state index >= 15 is 0 Å². The second kappa shape index (κ2) is 8.64. The van der Waals surface area contributed by atoms with Crippen molar-refractivity contribution in [2.75, 3.05) is 6.54 Å². The molecular weight excluding hydrogens is 290 g/mol. The summed E-state index contributed by atoms with van der Waals surface area (Å²) in [6.07, 6.45) is 1.94. The van der Waals surface area contributed by atoms with E-state index in [0.29, 0.717) is 11.8 Å². The van der Waals surface area contributed by atoms with E-state index in [1.165, 1.54) is 5.56 Å². The Morgan fingerprint density at radius 1 is 1.05 bits per heavy atom. The number of benzene rings is 2. The maximum Gasteiger partial charge on any atom is 0.252 e. The molecular formula is C19H23NOS. The number of aryl methyl sites for hydroxylation is 1. The topological polar surface area (TPSA) is 29.1 Å². The van der Waals surface area contributed by atoms with Gasteiger partial charge in [-0.1, -0.05) is 56.3 Å². The summed E-state index contributed by atoms with van der Waals surface area (Å²) in [6, 6.07) is 18.2. The fraction of sp³-hybridized carbons (Fsp3) is 0.316. The van der Waals surface area contributed by atoms with Crippen LogP contribution in [-0.2, 0) is 6.42 Å². The number of hydrogen-bond donors (Lipinski definition) is 1. The lowest BCUT2D eigenvalue weighted by molar-refractivity contribution is 0.0950. The summed E-state index contributed by atoms with van der Waals surface area (Å²) < 4.78 is 0. The van der Waals surface area contributed by atoms with Gasteiger partial charge in [-0.05, 0) is 30.5 Å². The highest BCUT2D eigenvalue weighted by Crippen LogP contribution is 2.26. The predicted octanol–water partition coefficient (Wildman–Crippen LogP) is 4.55. The minimum Gasteiger partial charge on any atom is -0.352 e. The number of carbonyl (C=O) groups excluding carboxylic acids is 1. The van der Waals surface area contributed by atoms with Crippen LogP contribution in [-0.4, -0.2) is 17.7 Å². The zero-order chi connectivity index (χ0) is 15.8. The Kier molecular flexibility index (Phi) is 6.53. The number of thioether (sulfide) groups is 1. The van der Waals surface area contributed by atoms with Crippen LogP contribution in [0, 0.1) is 0 Å². The highest BCUT2D eigenvalue weighted by Gasteiger charge is 2.11. The molecule has 0 aromatic heterocycles. The third-order valence-corrected chi connectivity index (χ3v) is 4.35. The van der Waals surface area contributed by atoms with Crippen LogP contribution in [0.4, 0.5) is 0 Å². The molecule has 0 unspecified atom stereocenters. The molecule has 0 radical (unpaired) electrons. The molecule has 3 heteroatoms. The predicted molar refractivity (Wildman–Crippen MR) is 94.5 cm³/mol. The number of rotatable bonds is 7. The van der Waals surface area contributed by atoms with Gasteiger partial charge in [0.1, 0.15) is 0 Å². The monoisotopic (exact) mass is 313 g/mol. The largest absolute Gasteiger partial charge is 0.352 e. The van der Waals surface area contributed by atoms with Crippen LogP contribution in [0.1, 0.15) is 36.2 Å². The summed E-state index contributed by atoms with van der Waals surface area (Å²) in [4.78, 5) is 13.4. The van der Waals surface area contributed by atoms with E-state index in [0.717, 1.165) is 23.3 Å². The molecule has 0 aliphatic heterocycles. The van der Waals surface area contributed by atoms with Crippen molar-refractivity contribution in [3.8, 4) is 0 Å². The standard InChI is InChI=1S/C19H23NOS/c1-15(2)22-18-13-7-6-12-17(18)19(21)20-14-8-11-16-9-4-3-5-10-16/h3-7,9-10,12-13,15H,8,11,14H2,1-2H3,(H,20,21). The zero-order valence-electron chi connectivity index (χ0n) is 13.2. The van der Waals surface area contributed by atoms with E-state index in [1.54, 1.807) is 11.8 Å². The van der Waals surface area contributed by atoms with Crippen LogP contribution in [0.15, 0.2) is 59.5 Å². The van der Waals surface area contributed by atoms with Gasteiger partial charge in [0.05, 0.1) is 5.56 Å². The molecule has 116 valence electrons. The summed E-state index contributed by atoms with van der Waals surface area (Å²) in [5.74, 6) is 0.0248. The molecule has 1 amide bonds. The SMILES string of the molecule is CC(C)Sc1ccccc1C(=O)NCCCc1ccccc1. The number of hydrogen-bond acceptors (Lipinski definition) is 2. The molecule has 0 bridgehead atoms. The van der Waals surface area contributed by atoms with Crippen molar-refractivity contribution >= 4 is 17.7 Å². The zero-order valence-corrected chi connectivity index (χ0v) is 14.0. The molecule has 0 heterocycles. The molecule has 0 aliphatic rings. The van der Waals surface area contributed by atoms with Crippen molar-refractivity contribution < 1.29 is 4.79 Å². The van der Waals surface area contributed by atoms with Gasteiger partial charge in [0.25, 0.3) is 5.91 Å². The van der Waals surface area contributed by atoms with Gasteiger partial charge < -0.3 is 5.32 Å². The molecule has 0 saturated heterocycles. The van der Waals surface area contributed by atoms with Gasteiger partial charge in [0, 0.05) is 16.7 Å². The molecule has 2 rings (SSSR count). The van der Waals surface area contributed by atoms with Gasteiger partial charge in [-0.25, -0.2) is 0 Å². The maximum absolute atomic E-state index is 12.3. The van der Waals surface area contributed by atoms with E-state index in [2.05, 4.69) is 31.3 Å². The molecule has 0 fully saturated rings. The first-order valence-electron chi connectivity index (χ1n) is 7.74. The van der Waals surface area contributed by atoms with E-state index in [-0.39, 0.29) is 5.91 Å². The van der Waals surface area contributed by atoms with Crippen LogP contribution < -0.4 is 5.32 Å². The second-order valence-corrected chi connectivity index (χ2v) is 7.13. The molecule has 0 aliphatic carbocycles. The van der Waals surface area contributed by atoms with Crippen molar-refractivity contribution in [3.63, 3.8) is 0 Å². The summed E-state index contributed by atoms with van der Waals surface area (Å²) in [7, 11) is 0. The molecule has 0 spiro atoms. The van der Waals surface area contributed by atoms with Crippen LogP contribution in [0.2, 0.25) is 0 Å². The lowest BCUT2D eigenvalue weighted by Crippen LogP contribution is -2.25. The van der Waals surface area contributed by atoms with E-state index < -0.39 is 0 Å². The smallest absolute Gasteiger partial charge is 0.252 e. The normalized spacial score (nSPS) is 10.7. The van der Waals surface area contributed by atoms with Crippen LogP contribution in [0.3, 0.4) is 0 Å². The fourth-order valence-corrected chi connectivity index (χ4v) is 3.20. The van der Waals surface area contributed by atoms with E-state index in [9.17, 15) is 4.79 Å². The van der Waals surface area contributed by atoms with Crippen LogP contribution >= 0.6 is 11.8 Å². The quantitative estimate of drug-likeness (QED) is 0.600. The van der Waals surface area contributed by atoms with Gasteiger partial charge in [-0.3, -0.25) is 4.79 Å². The van der Waals surface area contributed by atoms with Crippen molar-refractivity contribution in [2.24, 2.45) is 0 Å². The molecule has 0 saturated carbocycles. The second-order valence-electron chi connectivity index (χ2n) is 5.51. The first-order valence-corrected chi connectivity index (χ1v) is 8.62. The van der Waals surface area contributed by atoms with Crippen molar-refractivity contribution in [1.82, 2.24) is 5.32 Å². The summed E-state index contributed by atoms with van der Waals surface area (Å²) in [5.41, 5.74) is 2.09. The number of amides is 1. The highest BCUT2D eigenvalue weighted by molar-refractivity contribution is 8.00. The highest BCUT2D eigenvalue weighted by atomic mass is 32.2. The summed E-state index contributed by atoms with van der Waals surface area (Å²) >= 11 is 1.73. The number of nitrogens with one attached hydrogen (secondary N) is 1.